The quantitative estimate of drug-likeness (QED) is 0.488. The largest absolute Gasteiger partial charge is 0.325 e. The molecule has 0 saturated carbocycles. The molecule has 0 aliphatic heterocycles. The SMILES string of the molecule is Cc1cccc(C)c1NC(=O)C(C)Sc1nc2sc3c(c2c(=O)n1C)CCCC3. The zero-order valence-corrected chi connectivity index (χ0v) is 18.8. The number of aryl methyl sites for hydroxylation is 4. The first kappa shape index (κ1) is 20.2. The van der Waals surface area contributed by atoms with Crippen LogP contribution in [-0.4, -0.2) is 20.7 Å². The summed E-state index contributed by atoms with van der Waals surface area (Å²) < 4.78 is 1.59. The number of nitrogens with zero attached hydrogens (tertiary/aromatic N) is 2. The molecular weight excluding hydrogens is 402 g/mol. The summed E-state index contributed by atoms with van der Waals surface area (Å²) in [6, 6.07) is 5.95. The Morgan fingerprint density at radius 3 is 2.66 bits per heavy atom. The van der Waals surface area contributed by atoms with Crippen molar-refractivity contribution in [2.75, 3.05) is 5.32 Å². The molecular formula is C22H25N3O2S2. The van der Waals surface area contributed by atoms with Gasteiger partial charge < -0.3 is 5.32 Å². The van der Waals surface area contributed by atoms with Crippen molar-refractivity contribution in [1.82, 2.24) is 9.55 Å². The van der Waals surface area contributed by atoms with Gasteiger partial charge in [-0.25, -0.2) is 4.98 Å². The molecule has 1 amide bonds. The van der Waals surface area contributed by atoms with Crippen molar-refractivity contribution in [3.8, 4) is 0 Å². The van der Waals surface area contributed by atoms with E-state index < -0.39 is 0 Å². The van der Waals surface area contributed by atoms with E-state index in [1.807, 2.05) is 39.0 Å². The van der Waals surface area contributed by atoms with Crippen LogP contribution in [0.2, 0.25) is 0 Å². The van der Waals surface area contributed by atoms with E-state index in [9.17, 15) is 9.59 Å². The second-order valence-electron chi connectivity index (χ2n) is 7.67. The van der Waals surface area contributed by atoms with Crippen LogP contribution in [0.1, 0.15) is 41.3 Å². The molecule has 0 saturated heterocycles. The predicted molar refractivity (Wildman–Crippen MR) is 121 cm³/mol. The first-order chi connectivity index (χ1) is 13.9. The molecule has 0 spiro atoms. The van der Waals surface area contributed by atoms with Gasteiger partial charge in [0.1, 0.15) is 4.83 Å². The fraction of sp³-hybridized carbons (Fsp3) is 0.409. The molecule has 1 aromatic carbocycles. The molecule has 1 aliphatic carbocycles. The van der Waals surface area contributed by atoms with Crippen LogP contribution in [0.25, 0.3) is 10.2 Å². The van der Waals surface area contributed by atoms with E-state index in [1.165, 1.54) is 28.6 Å². The monoisotopic (exact) mass is 427 g/mol. The highest BCUT2D eigenvalue weighted by Crippen LogP contribution is 2.35. The first-order valence-electron chi connectivity index (χ1n) is 9.92. The van der Waals surface area contributed by atoms with Gasteiger partial charge in [0.2, 0.25) is 5.91 Å². The summed E-state index contributed by atoms with van der Waals surface area (Å²) in [4.78, 5) is 32.7. The van der Waals surface area contributed by atoms with E-state index >= 15 is 0 Å². The van der Waals surface area contributed by atoms with Gasteiger partial charge in [0.25, 0.3) is 5.56 Å². The van der Waals surface area contributed by atoms with Gasteiger partial charge in [-0.15, -0.1) is 11.3 Å². The van der Waals surface area contributed by atoms with E-state index in [2.05, 4.69) is 5.32 Å². The number of fused-ring (bicyclic) bond motifs is 3. The van der Waals surface area contributed by atoms with Crippen molar-refractivity contribution in [2.45, 2.75) is 56.9 Å². The lowest BCUT2D eigenvalue weighted by Gasteiger charge is -2.16. The number of para-hydroxylation sites is 1. The lowest BCUT2D eigenvalue weighted by atomic mass is 9.97. The molecule has 7 heteroatoms. The molecule has 4 rings (SSSR count). The number of hydrogen-bond donors (Lipinski definition) is 1. The van der Waals surface area contributed by atoms with Crippen LogP contribution >= 0.6 is 23.1 Å². The maximum Gasteiger partial charge on any atom is 0.262 e. The minimum absolute atomic E-state index is 0.000688. The lowest BCUT2D eigenvalue weighted by molar-refractivity contribution is -0.115. The van der Waals surface area contributed by atoms with Gasteiger partial charge in [-0.3, -0.25) is 14.2 Å². The molecule has 1 N–H and O–H groups in total. The van der Waals surface area contributed by atoms with E-state index in [-0.39, 0.29) is 16.7 Å². The smallest absolute Gasteiger partial charge is 0.262 e. The van der Waals surface area contributed by atoms with Crippen molar-refractivity contribution in [2.24, 2.45) is 7.05 Å². The predicted octanol–water partition coefficient (Wildman–Crippen LogP) is 4.61. The molecule has 3 aromatic rings. The Labute approximate surface area is 178 Å². The maximum absolute atomic E-state index is 13.0. The van der Waals surface area contributed by atoms with Crippen LogP contribution in [0, 0.1) is 13.8 Å². The third kappa shape index (κ3) is 3.73. The van der Waals surface area contributed by atoms with E-state index in [1.54, 1.807) is 23.0 Å². The Morgan fingerprint density at radius 2 is 1.93 bits per heavy atom. The summed E-state index contributed by atoms with van der Waals surface area (Å²) in [5, 5.41) is 4.03. The Hall–Kier alpha value is -2.12. The summed E-state index contributed by atoms with van der Waals surface area (Å²) in [7, 11) is 1.75. The number of nitrogens with one attached hydrogen (secondary N) is 1. The van der Waals surface area contributed by atoms with Gasteiger partial charge in [-0.2, -0.15) is 0 Å². The van der Waals surface area contributed by atoms with Crippen LogP contribution in [0.4, 0.5) is 5.69 Å². The highest BCUT2D eigenvalue weighted by atomic mass is 32.2. The molecule has 5 nitrogen and oxygen atoms in total. The van der Waals surface area contributed by atoms with Gasteiger partial charge in [-0.1, -0.05) is 30.0 Å². The summed E-state index contributed by atoms with van der Waals surface area (Å²) >= 11 is 2.97. The van der Waals surface area contributed by atoms with E-state index in [4.69, 9.17) is 4.98 Å². The minimum Gasteiger partial charge on any atom is -0.325 e. The lowest BCUT2D eigenvalue weighted by Crippen LogP contribution is -2.26. The number of hydrogen-bond acceptors (Lipinski definition) is 5. The fourth-order valence-corrected chi connectivity index (χ4v) is 6.00. The molecule has 0 bridgehead atoms. The fourth-order valence-electron chi connectivity index (χ4n) is 3.82. The second-order valence-corrected chi connectivity index (χ2v) is 10.1. The zero-order valence-electron chi connectivity index (χ0n) is 17.2. The second kappa shape index (κ2) is 7.95. The highest BCUT2D eigenvalue weighted by molar-refractivity contribution is 8.00. The Morgan fingerprint density at radius 1 is 1.24 bits per heavy atom. The number of aromatic nitrogens is 2. The molecule has 0 fully saturated rings. The molecule has 29 heavy (non-hydrogen) atoms. The third-order valence-corrected chi connectivity index (χ3v) is 7.87. The van der Waals surface area contributed by atoms with E-state index in [0.29, 0.717) is 5.16 Å². The van der Waals surface area contributed by atoms with Crippen molar-refractivity contribution < 1.29 is 4.79 Å². The normalized spacial score (nSPS) is 14.6. The minimum atomic E-state index is -0.376. The molecule has 2 heterocycles. The summed E-state index contributed by atoms with van der Waals surface area (Å²) in [6.07, 6.45) is 4.31. The molecule has 152 valence electrons. The Balaban J connectivity index is 1.61. The molecule has 1 atom stereocenters. The van der Waals surface area contributed by atoms with Gasteiger partial charge >= 0.3 is 0 Å². The molecule has 0 radical (unpaired) electrons. The Kier molecular flexibility index (Phi) is 5.53. The number of anilines is 1. The average Bonchev–Trinajstić information content (AvgIpc) is 3.06. The molecule has 1 aliphatic rings. The number of amides is 1. The number of benzene rings is 1. The summed E-state index contributed by atoms with van der Waals surface area (Å²) in [6.45, 7) is 5.82. The van der Waals surface area contributed by atoms with Gasteiger partial charge in [0.15, 0.2) is 5.16 Å². The third-order valence-electron chi connectivity index (χ3n) is 5.54. The van der Waals surface area contributed by atoms with Crippen LogP contribution in [0.3, 0.4) is 0 Å². The van der Waals surface area contributed by atoms with Crippen molar-refractivity contribution in [3.05, 3.63) is 50.1 Å². The van der Waals surface area contributed by atoms with E-state index in [0.717, 1.165) is 46.3 Å². The van der Waals surface area contributed by atoms with Crippen molar-refractivity contribution >= 4 is 44.9 Å². The number of rotatable bonds is 4. The Bertz CT molecular complexity index is 1140. The number of carbonyl (C=O) groups is 1. The van der Waals surface area contributed by atoms with Crippen LogP contribution in [0.15, 0.2) is 28.2 Å². The standard InChI is InChI=1S/C22H25N3O2S2/c1-12-8-7-9-13(2)18(12)23-19(26)14(3)28-22-24-20-17(21(27)25(22)4)15-10-5-6-11-16(15)29-20/h7-9,14H,5-6,10-11H2,1-4H3,(H,23,26). The average molecular weight is 428 g/mol. The van der Waals surface area contributed by atoms with Crippen molar-refractivity contribution in [1.29, 1.82) is 0 Å². The number of thiophene rings is 1. The summed E-state index contributed by atoms with van der Waals surface area (Å²) in [5.41, 5.74) is 4.12. The summed E-state index contributed by atoms with van der Waals surface area (Å²) in [5.74, 6) is -0.0905. The molecule has 1 unspecified atom stereocenters. The van der Waals surface area contributed by atoms with Crippen LogP contribution < -0.4 is 10.9 Å². The van der Waals surface area contributed by atoms with Crippen LogP contribution in [0.5, 0.6) is 0 Å². The zero-order chi connectivity index (χ0) is 20.7. The van der Waals surface area contributed by atoms with Gasteiger partial charge in [0.05, 0.1) is 10.6 Å². The topological polar surface area (TPSA) is 64.0 Å². The van der Waals surface area contributed by atoms with Gasteiger partial charge in [0, 0.05) is 17.6 Å². The van der Waals surface area contributed by atoms with Gasteiger partial charge in [-0.05, 0) is 63.1 Å². The van der Waals surface area contributed by atoms with Crippen molar-refractivity contribution in [3.63, 3.8) is 0 Å². The highest BCUT2D eigenvalue weighted by Gasteiger charge is 2.23. The number of carbonyl (C=O) groups excluding carboxylic acids is 1. The first-order valence-corrected chi connectivity index (χ1v) is 11.6. The maximum atomic E-state index is 13.0. The van der Waals surface area contributed by atoms with Crippen LogP contribution in [-0.2, 0) is 24.7 Å². The number of thioether (sulfide) groups is 1. The molecule has 2 aromatic heterocycles.